The van der Waals surface area contributed by atoms with E-state index in [-0.39, 0.29) is 43.3 Å². The molecule has 0 aliphatic rings. The summed E-state index contributed by atoms with van der Waals surface area (Å²) in [6, 6.07) is 101. The fourth-order valence-corrected chi connectivity index (χ4v) is 15.8. The Hall–Kier alpha value is -11.3. The van der Waals surface area contributed by atoms with Crippen LogP contribution in [-0.4, -0.2) is 93.8 Å². The minimum Gasteiger partial charge on any atom is -0.423 e. The van der Waals surface area contributed by atoms with E-state index in [1.807, 2.05) is 201 Å². The van der Waals surface area contributed by atoms with E-state index >= 15 is 0 Å². The summed E-state index contributed by atoms with van der Waals surface area (Å²) in [4.78, 5) is 59.4. The molecule has 0 saturated heterocycles. The molecule has 654 valence electrons. The number of hydrogen-bond donors (Lipinski definition) is 3. The van der Waals surface area contributed by atoms with Gasteiger partial charge < -0.3 is 10.0 Å². The average Bonchev–Trinajstić information content (AvgIpc) is 1.64. The molecule has 32 heteroatoms. The number of carbonyl (C=O) groups excluding carboxylic acids is 3. The summed E-state index contributed by atoms with van der Waals surface area (Å²) in [7, 11) is -1.40. The number of halogens is 11. The van der Waals surface area contributed by atoms with Gasteiger partial charge in [-0.2, -0.15) is 0 Å². The Morgan fingerprint density at radius 3 is 0.953 bits per heavy atom. The lowest BCUT2D eigenvalue weighted by molar-refractivity contribution is 0.0917. The number of hydrogen-bond acceptors (Lipinski definition) is 17. The van der Waals surface area contributed by atoms with Crippen molar-refractivity contribution in [3.05, 3.63) is 434 Å². The first kappa shape index (κ1) is 98.3. The van der Waals surface area contributed by atoms with Crippen molar-refractivity contribution >= 4 is 202 Å². The summed E-state index contributed by atoms with van der Waals surface area (Å²) >= 11 is 44.7. The minimum atomic E-state index is -1.40. The highest BCUT2D eigenvalue weighted by Crippen LogP contribution is 2.37. The molecule has 17 rings (SSSR count). The molecule has 6 aromatic heterocycles. The topological polar surface area (TPSA) is 285 Å². The van der Waals surface area contributed by atoms with Gasteiger partial charge in [-0.25, -0.2) is 0 Å². The van der Waals surface area contributed by atoms with E-state index in [2.05, 4.69) is 268 Å². The smallest absolute Gasteiger partial charge is 0.423 e. The van der Waals surface area contributed by atoms with Gasteiger partial charge >= 0.3 is 7.12 Å². The third-order valence-corrected chi connectivity index (χ3v) is 22.9. The van der Waals surface area contributed by atoms with Crippen molar-refractivity contribution in [1.82, 2.24) is 49.5 Å². The number of nitrogens with zero attached hydrogens (tertiary/aromatic N) is 13. The summed E-state index contributed by atoms with van der Waals surface area (Å²) in [5.41, 5.74) is 16.0. The van der Waals surface area contributed by atoms with Crippen LogP contribution >= 0.6 is 162 Å². The molecule has 20 nitrogen and oxygen atoms in total. The number of benzene rings is 11. The summed E-state index contributed by atoms with van der Waals surface area (Å²) in [6.45, 7) is 0. The maximum Gasteiger partial charge on any atom is 0.490 e. The molecule has 11 aromatic carbocycles. The third-order valence-electron chi connectivity index (χ3n) is 18.2. The Kier molecular flexibility index (Phi) is 38.6. The van der Waals surface area contributed by atoms with Crippen molar-refractivity contribution in [1.29, 1.82) is 0 Å². The van der Waals surface area contributed by atoms with Crippen LogP contribution in [0.3, 0.4) is 0 Å². The third kappa shape index (κ3) is 29.9. The van der Waals surface area contributed by atoms with Crippen molar-refractivity contribution in [2.24, 2.45) is 21.3 Å². The van der Waals surface area contributed by atoms with Gasteiger partial charge in [0.1, 0.15) is 0 Å². The fraction of sp³-hybridized carbons (Fsp3) is 0.0206. The number of rotatable bonds is 19. The molecule has 0 bridgehead atoms. The van der Waals surface area contributed by atoms with Gasteiger partial charge in [0.15, 0.2) is 45.2 Å². The van der Waals surface area contributed by atoms with Crippen LogP contribution in [0.25, 0.3) is 90.3 Å². The number of nitrogens with two attached hydrogens (primary N) is 1. The Balaban J connectivity index is 0.000000301. The van der Waals surface area contributed by atoms with E-state index in [1.165, 1.54) is 6.20 Å². The van der Waals surface area contributed by atoms with Crippen molar-refractivity contribution in [3.8, 4) is 90.3 Å². The maximum atomic E-state index is 12.0. The normalized spacial score (nSPS) is 10.7. The molecule has 0 fully saturated rings. The van der Waals surface area contributed by atoms with Crippen LogP contribution in [0.1, 0.15) is 63.6 Å². The molecular formula is C97H80BBr8Cl3N14O6. The first-order chi connectivity index (χ1) is 62.5. The number of Topliss-reactive ketones (excluding diaryl/α,β-unsaturated/α-hetero) is 2. The summed E-state index contributed by atoms with van der Waals surface area (Å²) in [5, 5.41) is 45.4. The molecule has 129 heavy (non-hydrogen) atoms. The molecular weight excluding hydrogens is 2210 g/mol. The van der Waals surface area contributed by atoms with Gasteiger partial charge in [-0.3, -0.25) is 49.3 Å². The molecule has 0 amide bonds. The monoisotopic (exact) mass is 2280 g/mol. The molecule has 0 saturated carbocycles. The van der Waals surface area contributed by atoms with Gasteiger partial charge in [-0.05, 0) is 192 Å². The summed E-state index contributed by atoms with van der Waals surface area (Å²) in [6.07, 6.45) is 14.4. The maximum absolute atomic E-state index is 12.0. The number of aromatic nitrogens is 10. The predicted molar refractivity (Wildman–Crippen MR) is 558 cm³/mol. The Labute approximate surface area is 834 Å². The van der Waals surface area contributed by atoms with E-state index < -0.39 is 12.4 Å². The standard InChI is InChI=1S/C35H24N6.C20H12Br3N3.C16H12Br2O2.C14H8Br2Cl2N2.C7H4BrClO.C5H6BNO2.H2N2O.6H2/c1-6-26(31-11-4-16-37-23-31)20-29(9-1)34-39-40-35(30-10-2-7-27(21-30)32-12-5-17-38-24-32)41(34)33-13-3-8-28(22-33)25-14-18-36-19-15-25;21-15-6-1-4-13(10-15)19-24-25-20(14-5-2-7-16(22)11-14)26(19)18-9-3-8-17(23)12-18;17-13-5-1-3-11(9-13)15(19)7-8-16(20)12-4-2-6-14(18)10-12;15-11-5-1-3-9(7-11)13(17)19-20-14(18)10-4-2-6-12(16)8-10;8-6-3-1-2-5(4-6)7(9)10;8-6(9)5-2-1-3-7-4-5;1-2-3;;;;;;/h1-24H;1-12H;1-6,9-10H,7-8H2;1-8H;1-4H;1-4,8-9H;(H2,1,3);6*1H. The SMILES string of the molecule is Brc1cccc(-c2nnc(-c3cccc(Br)c3)n2-c2cccc(Br)c2)c1.ClC(=NN=C(Cl)c1cccc(Br)c1)c1cccc(Br)c1.NN=O.O=C(CCC(=O)c1cccc(Br)c1)c1cccc(Br)c1.O=C(Cl)c1cccc(Br)c1.OB(O)c1cccnc1.[HH].[HH].[HH].[HH].[HH].[HH].c1cncc(-c2cccc(-c3nnc(-c4cccc(-c5cccnc5)c4)n3-c3cccc(-c4ccncc4)c3)c2)c1. The predicted octanol–water partition coefficient (Wildman–Crippen LogP) is 28.2. The van der Waals surface area contributed by atoms with Crippen LogP contribution in [0.2, 0.25) is 0 Å². The molecule has 17 aromatic rings. The van der Waals surface area contributed by atoms with Gasteiger partial charge in [0.25, 0.3) is 5.24 Å². The quantitative estimate of drug-likeness (QED) is 0.0129. The lowest BCUT2D eigenvalue weighted by Gasteiger charge is -2.14. The van der Waals surface area contributed by atoms with Crippen molar-refractivity contribution < 1.29 is 33.0 Å². The second-order valence-electron chi connectivity index (χ2n) is 27.0. The van der Waals surface area contributed by atoms with Crippen molar-refractivity contribution in [2.45, 2.75) is 12.8 Å². The molecule has 6 heterocycles. The largest absolute Gasteiger partial charge is 0.490 e. The van der Waals surface area contributed by atoms with Crippen molar-refractivity contribution in [2.75, 3.05) is 0 Å². The van der Waals surface area contributed by atoms with Gasteiger partial charge in [0.2, 0.25) is 0 Å². The van der Waals surface area contributed by atoms with Gasteiger partial charge in [-0.1, -0.05) is 308 Å². The molecule has 4 N–H and O–H groups in total. The van der Waals surface area contributed by atoms with E-state index in [4.69, 9.17) is 60.0 Å². The highest BCUT2D eigenvalue weighted by molar-refractivity contribution is 9.11. The van der Waals surface area contributed by atoms with E-state index in [0.29, 0.717) is 22.2 Å². The Morgan fingerprint density at radius 2 is 0.612 bits per heavy atom. The van der Waals surface area contributed by atoms with Crippen molar-refractivity contribution in [3.63, 3.8) is 0 Å². The zero-order valence-electron chi connectivity index (χ0n) is 67.2. The molecule has 0 spiro atoms. The molecule has 0 aliphatic carbocycles. The first-order valence-electron chi connectivity index (χ1n) is 38.5. The average molecular weight is 2290 g/mol. The molecule has 0 aliphatic heterocycles. The number of carbonyl (C=O) groups is 3. The lowest BCUT2D eigenvalue weighted by atomic mass is 9.82. The number of ketones is 2. The van der Waals surface area contributed by atoms with E-state index in [9.17, 15) is 14.4 Å². The van der Waals surface area contributed by atoms with E-state index in [0.717, 1.165) is 137 Å². The lowest BCUT2D eigenvalue weighted by Crippen LogP contribution is -2.29. The summed E-state index contributed by atoms with van der Waals surface area (Å²) in [5.74, 6) is 6.97. The minimum absolute atomic E-state index is 0. The number of nitroso groups, excluding NO2 is 1. The van der Waals surface area contributed by atoms with Crippen LogP contribution in [0.5, 0.6) is 0 Å². The van der Waals surface area contributed by atoms with Crippen LogP contribution in [-0.2, 0) is 0 Å². The van der Waals surface area contributed by atoms with E-state index in [1.54, 1.807) is 78.5 Å². The first-order valence-corrected chi connectivity index (χ1v) is 46.0. The second kappa shape index (κ2) is 50.6. The summed E-state index contributed by atoms with van der Waals surface area (Å²) < 4.78 is 11.6. The van der Waals surface area contributed by atoms with Gasteiger partial charge in [0.05, 0.1) is 5.69 Å². The highest BCUT2D eigenvalue weighted by atomic mass is 79.9. The fourth-order valence-electron chi connectivity index (χ4n) is 12.2. The van der Waals surface area contributed by atoms with Crippen LogP contribution < -0.4 is 11.3 Å². The highest BCUT2D eigenvalue weighted by Gasteiger charge is 2.22. The van der Waals surface area contributed by atoms with Gasteiger partial charge in [0, 0.05) is 184 Å². The zero-order valence-corrected chi connectivity index (χ0v) is 82.2. The van der Waals surface area contributed by atoms with Crippen LogP contribution in [0.4, 0.5) is 0 Å². The van der Waals surface area contributed by atoms with Crippen LogP contribution in [0.15, 0.2) is 416 Å². The molecule has 0 radical (unpaired) electrons. The second-order valence-corrected chi connectivity index (χ2v) is 35.4. The zero-order chi connectivity index (χ0) is 91.6. The Morgan fingerprint density at radius 1 is 0.318 bits per heavy atom. The molecule has 0 unspecified atom stereocenters. The Bertz CT molecular complexity index is 6500. The van der Waals surface area contributed by atoms with Gasteiger partial charge in [-0.15, -0.1) is 35.5 Å². The number of pyridine rings is 4. The molecule has 0 atom stereocenters. The van der Waals surface area contributed by atoms with Crippen LogP contribution in [0, 0.1) is 4.91 Å².